The van der Waals surface area contributed by atoms with Crippen LogP contribution in [0.4, 0.5) is 5.69 Å². The average molecular weight is 355 g/mol. The smallest absolute Gasteiger partial charge is 0.205 e. The lowest BCUT2D eigenvalue weighted by Gasteiger charge is -2.10. The van der Waals surface area contributed by atoms with Crippen LogP contribution >= 0.6 is 0 Å². The number of aromatic nitrogens is 1. The summed E-state index contributed by atoms with van der Waals surface area (Å²) < 4.78 is 4.68. The topological polar surface area (TPSA) is 7.94 Å². The van der Waals surface area contributed by atoms with Crippen LogP contribution in [-0.2, 0) is 13.5 Å². The van der Waals surface area contributed by atoms with E-state index in [1.54, 1.807) is 0 Å². The first kappa shape index (κ1) is 15.0. The van der Waals surface area contributed by atoms with Gasteiger partial charge in [0.25, 0.3) is 0 Å². The molecule has 0 unspecified atom stereocenters. The van der Waals surface area contributed by atoms with E-state index in [1.165, 1.54) is 33.4 Å². The summed E-state index contributed by atoms with van der Waals surface area (Å²) in [5.74, 6) is 0. The lowest BCUT2D eigenvalue weighted by Crippen LogP contribution is -3.00. The Hall–Kier alpha value is -1.87. The zero-order valence-electron chi connectivity index (χ0n) is 12.9. The maximum Gasteiger partial charge on any atom is 0.205 e. The lowest BCUT2D eigenvalue weighted by atomic mass is 10.0. The third-order valence-electron chi connectivity index (χ3n) is 4.48. The van der Waals surface area contributed by atoms with Gasteiger partial charge in [0.1, 0.15) is 5.69 Å². The first-order chi connectivity index (χ1) is 10.2. The molecule has 0 amide bonds. The van der Waals surface area contributed by atoms with E-state index in [9.17, 15) is 0 Å². The summed E-state index contributed by atoms with van der Waals surface area (Å²) in [6.45, 7) is 3.19. The number of aryl methyl sites for hydroxylation is 2. The van der Waals surface area contributed by atoms with Crippen molar-refractivity contribution in [3.63, 3.8) is 0 Å². The number of hydrogen-bond donors (Lipinski definition) is 0. The van der Waals surface area contributed by atoms with Crippen molar-refractivity contribution >= 4 is 22.8 Å². The van der Waals surface area contributed by atoms with Crippen LogP contribution in [0.25, 0.3) is 10.9 Å². The minimum atomic E-state index is 0. The largest absolute Gasteiger partial charge is 1.00 e. The van der Waals surface area contributed by atoms with Crippen molar-refractivity contribution in [2.24, 2.45) is 7.05 Å². The van der Waals surface area contributed by atoms with Crippen molar-refractivity contribution in [2.75, 3.05) is 6.54 Å². The molecule has 2 aromatic carbocycles. The summed E-state index contributed by atoms with van der Waals surface area (Å²) in [7, 11) is 2.16. The molecule has 0 bridgehead atoms. The number of nitrogens with zero attached hydrogens (tertiary/aromatic N) is 2. The van der Waals surface area contributed by atoms with E-state index in [1.807, 2.05) is 0 Å². The number of rotatable bonds is 1. The fourth-order valence-electron chi connectivity index (χ4n) is 3.37. The quantitative estimate of drug-likeness (QED) is 0.571. The van der Waals surface area contributed by atoms with Crippen LogP contribution in [0.5, 0.6) is 0 Å². The molecule has 3 heteroatoms. The molecule has 0 spiro atoms. The van der Waals surface area contributed by atoms with Gasteiger partial charge >= 0.3 is 0 Å². The molecule has 2 nitrogen and oxygen atoms in total. The second-order valence-corrected chi connectivity index (χ2v) is 5.85. The van der Waals surface area contributed by atoms with Crippen LogP contribution in [-0.4, -0.2) is 21.9 Å². The van der Waals surface area contributed by atoms with Gasteiger partial charge in [-0.25, -0.2) is 0 Å². The second kappa shape index (κ2) is 5.73. The van der Waals surface area contributed by atoms with Gasteiger partial charge in [-0.3, -0.25) is 0 Å². The fraction of sp³-hybridized carbons (Fsp3) is 0.211. The van der Waals surface area contributed by atoms with Crippen LogP contribution in [0.3, 0.4) is 0 Å². The maximum atomic E-state index is 2.37. The van der Waals surface area contributed by atoms with E-state index in [2.05, 4.69) is 77.9 Å². The Morgan fingerprint density at radius 2 is 1.86 bits per heavy atom. The van der Waals surface area contributed by atoms with E-state index in [-0.39, 0.29) is 17.0 Å². The third-order valence-corrected chi connectivity index (χ3v) is 4.48. The highest BCUT2D eigenvalue weighted by molar-refractivity contribution is 5.94. The molecule has 4 rings (SSSR count). The number of halogens is 1. The van der Waals surface area contributed by atoms with Gasteiger partial charge in [0.15, 0.2) is 12.8 Å². The fourth-order valence-corrected chi connectivity index (χ4v) is 3.37. The molecule has 1 aliphatic heterocycles. The zero-order valence-corrected chi connectivity index (χ0v) is 14.5. The normalized spacial score (nSPS) is 13.5. The van der Waals surface area contributed by atoms with Crippen LogP contribution < -0.4 is 17.0 Å². The molecule has 2 heterocycles. The summed E-state index contributed by atoms with van der Waals surface area (Å²) >= 11 is 0. The van der Waals surface area contributed by atoms with E-state index in [0.29, 0.717) is 0 Å². The highest BCUT2D eigenvalue weighted by Gasteiger charge is 2.23. The average Bonchev–Trinajstić information content (AvgIpc) is 2.81. The van der Waals surface area contributed by atoms with Crippen molar-refractivity contribution in [3.05, 3.63) is 65.4 Å². The first-order valence-electron chi connectivity index (χ1n) is 7.48. The molecule has 0 saturated heterocycles. The lowest BCUT2D eigenvalue weighted by molar-refractivity contribution is -0.436. The first-order valence-corrected chi connectivity index (χ1v) is 7.48. The van der Waals surface area contributed by atoms with Crippen molar-refractivity contribution in [1.29, 1.82) is 0 Å². The molecule has 1 aliphatic rings. The Kier molecular flexibility index (Phi) is 3.92. The van der Waals surface area contributed by atoms with Crippen molar-refractivity contribution in [1.82, 2.24) is 4.57 Å². The molecule has 0 aliphatic carbocycles. The monoisotopic (exact) mass is 354 g/mol. The van der Waals surface area contributed by atoms with E-state index >= 15 is 0 Å². The Morgan fingerprint density at radius 3 is 2.68 bits per heavy atom. The van der Waals surface area contributed by atoms with Gasteiger partial charge in [0.2, 0.25) is 5.69 Å². The van der Waals surface area contributed by atoms with Gasteiger partial charge < -0.3 is 21.5 Å². The Bertz CT molecular complexity index is 874. The molecule has 1 aromatic heterocycles. The molecule has 3 aromatic rings. The van der Waals surface area contributed by atoms with Gasteiger partial charge in [-0.1, -0.05) is 30.3 Å². The van der Waals surface area contributed by atoms with Crippen LogP contribution in [0, 0.1) is 6.92 Å². The SMILES string of the molecule is Cc1cccc([N+]2=Cc3c(c4ccccc4n3C)CC2)c1.[Br-]. The molecular weight excluding hydrogens is 336 g/mol. The third kappa shape index (κ3) is 2.30. The van der Waals surface area contributed by atoms with Gasteiger partial charge in [-0.05, 0) is 24.1 Å². The highest BCUT2D eigenvalue weighted by Crippen LogP contribution is 2.28. The molecule has 22 heavy (non-hydrogen) atoms. The number of para-hydroxylation sites is 1. The summed E-state index contributed by atoms with van der Waals surface area (Å²) in [5, 5.41) is 1.40. The van der Waals surface area contributed by atoms with E-state index < -0.39 is 0 Å². The molecule has 112 valence electrons. The number of fused-ring (bicyclic) bond motifs is 3. The highest BCUT2D eigenvalue weighted by atomic mass is 79.9. The number of hydrogen-bond acceptors (Lipinski definition) is 0. The number of benzene rings is 2. The van der Waals surface area contributed by atoms with Gasteiger partial charge in [0, 0.05) is 36.5 Å². The minimum Gasteiger partial charge on any atom is -1.00 e. The molecule has 0 saturated carbocycles. The molecule has 0 radical (unpaired) electrons. The van der Waals surface area contributed by atoms with Crippen LogP contribution in [0.1, 0.15) is 16.8 Å². The van der Waals surface area contributed by atoms with Crippen LogP contribution in [0.15, 0.2) is 48.5 Å². The summed E-state index contributed by atoms with van der Waals surface area (Å²) in [6.07, 6.45) is 3.40. The predicted octanol–water partition coefficient (Wildman–Crippen LogP) is 0.810. The maximum absolute atomic E-state index is 2.37. The van der Waals surface area contributed by atoms with Crippen molar-refractivity contribution in [3.8, 4) is 0 Å². The summed E-state index contributed by atoms with van der Waals surface area (Å²) in [6, 6.07) is 17.4. The summed E-state index contributed by atoms with van der Waals surface area (Å²) in [4.78, 5) is 0. The second-order valence-electron chi connectivity index (χ2n) is 5.85. The minimum absolute atomic E-state index is 0. The molecule has 0 atom stereocenters. The van der Waals surface area contributed by atoms with Crippen LogP contribution in [0.2, 0.25) is 0 Å². The predicted molar refractivity (Wildman–Crippen MR) is 87.8 cm³/mol. The van der Waals surface area contributed by atoms with Crippen molar-refractivity contribution < 1.29 is 21.6 Å². The van der Waals surface area contributed by atoms with Gasteiger partial charge in [-0.15, -0.1) is 0 Å². The van der Waals surface area contributed by atoms with E-state index in [4.69, 9.17) is 0 Å². The zero-order chi connectivity index (χ0) is 14.4. The standard InChI is InChI=1S/C19H19N2.BrH/c1-14-6-5-7-15(12-14)21-11-10-17-16-8-3-4-9-18(16)20(2)19(17)13-21;/h3-9,12-13H,10-11H2,1-2H3;1H/q+1;/p-1. The molecular formula is C19H19BrN2. The molecule has 0 N–H and O–H groups in total. The Balaban J connectivity index is 0.00000144. The van der Waals surface area contributed by atoms with Crippen molar-refractivity contribution in [2.45, 2.75) is 13.3 Å². The van der Waals surface area contributed by atoms with Gasteiger partial charge in [-0.2, -0.15) is 4.58 Å². The summed E-state index contributed by atoms with van der Waals surface area (Å²) in [5.41, 5.74) is 6.74. The van der Waals surface area contributed by atoms with Gasteiger partial charge in [0.05, 0.1) is 0 Å². The van der Waals surface area contributed by atoms with E-state index in [0.717, 1.165) is 13.0 Å². The Labute approximate surface area is 141 Å². The molecule has 0 fully saturated rings. The Morgan fingerprint density at radius 1 is 1.05 bits per heavy atom.